The van der Waals surface area contributed by atoms with E-state index in [1.54, 1.807) is 6.92 Å². The summed E-state index contributed by atoms with van der Waals surface area (Å²) in [6.07, 6.45) is 0.796. The van der Waals surface area contributed by atoms with Gasteiger partial charge in [0.2, 0.25) is 0 Å². The molecule has 0 N–H and O–H groups in total. The molecule has 0 aromatic heterocycles. The van der Waals surface area contributed by atoms with Gasteiger partial charge >= 0.3 is 5.97 Å². The average molecular weight is 478 g/mol. The molecule has 1 atom stereocenters. The molecule has 4 aromatic rings. The highest BCUT2D eigenvalue weighted by Crippen LogP contribution is 2.36. The van der Waals surface area contributed by atoms with Gasteiger partial charge in [0, 0.05) is 23.1 Å². The highest BCUT2D eigenvalue weighted by atomic mass is 16.6. The first kappa shape index (κ1) is 24.8. The summed E-state index contributed by atoms with van der Waals surface area (Å²) in [5.41, 5.74) is 8.01. The van der Waals surface area contributed by atoms with Crippen LogP contribution in [-0.2, 0) is 9.53 Å². The number of ether oxygens (including phenoxy) is 2. The topological polar surface area (TPSA) is 38.8 Å². The molecule has 0 spiro atoms. The third kappa shape index (κ3) is 6.22. The molecule has 4 heteroatoms. The third-order valence-corrected chi connectivity index (χ3v) is 5.87. The SMILES string of the molecule is C=CC(=O)OC(C)COc1ccc(-c2ccc(N(c3ccc(C)cc3)c3ccc(C)cc3)cc2)cc1. The molecule has 4 rings (SSSR count). The minimum atomic E-state index is -0.451. The molecule has 182 valence electrons. The van der Waals surface area contributed by atoms with Crippen molar-refractivity contribution in [1.29, 1.82) is 0 Å². The predicted molar refractivity (Wildman–Crippen MR) is 147 cm³/mol. The number of carbonyl (C=O) groups excluding carboxylic acids is 1. The van der Waals surface area contributed by atoms with Gasteiger partial charge in [-0.1, -0.05) is 66.2 Å². The van der Waals surface area contributed by atoms with Gasteiger partial charge in [-0.25, -0.2) is 4.79 Å². The fraction of sp³-hybridized carbons (Fsp3) is 0.156. The van der Waals surface area contributed by atoms with Crippen LogP contribution in [0.5, 0.6) is 5.75 Å². The first-order valence-corrected chi connectivity index (χ1v) is 12.0. The number of carbonyl (C=O) groups is 1. The lowest BCUT2D eigenvalue weighted by Gasteiger charge is -2.26. The van der Waals surface area contributed by atoms with Crippen molar-refractivity contribution in [1.82, 2.24) is 0 Å². The minimum absolute atomic E-state index is 0.279. The van der Waals surface area contributed by atoms with Gasteiger partial charge in [-0.2, -0.15) is 0 Å². The first-order valence-electron chi connectivity index (χ1n) is 12.0. The van der Waals surface area contributed by atoms with E-state index in [1.165, 1.54) is 11.1 Å². The van der Waals surface area contributed by atoms with Gasteiger partial charge in [0.05, 0.1) is 0 Å². The molecule has 0 fully saturated rings. The molecule has 1 unspecified atom stereocenters. The molecule has 4 nitrogen and oxygen atoms in total. The zero-order valence-corrected chi connectivity index (χ0v) is 21.0. The lowest BCUT2D eigenvalue weighted by atomic mass is 10.0. The quantitative estimate of drug-likeness (QED) is 0.181. The van der Waals surface area contributed by atoms with Crippen molar-refractivity contribution >= 4 is 23.0 Å². The molecule has 0 amide bonds. The van der Waals surface area contributed by atoms with Gasteiger partial charge in [-0.15, -0.1) is 0 Å². The Morgan fingerprint density at radius 2 is 1.17 bits per heavy atom. The Morgan fingerprint density at radius 3 is 1.61 bits per heavy atom. The van der Waals surface area contributed by atoms with E-state index in [0.717, 1.165) is 40.0 Å². The number of anilines is 3. The minimum Gasteiger partial charge on any atom is -0.490 e. The number of aryl methyl sites for hydroxylation is 2. The van der Waals surface area contributed by atoms with E-state index < -0.39 is 5.97 Å². The average Bonchev–Trinajstić information content (AvgIpc) is 2.90. The van der Waals surface area contributed by atoms with Crippen molar-refractivity contribution in [3.8, 4) is 16.9 Å². The van der Waals surface area contributed by atoms with Crippen molar-refractivity contribution in [3.63, 3.8) is 0 Å². The van der Waals surface area contributed by atoms with Gasteiger partial charge in [-0.3, -0.25) is 0 Å². The van der Waals surface area contributed by atoms with Crippen molar-refractivity contribution < 1.29 is 14.3 Å². The van der Waals surface area contributed by atoms with Crippen molar-refractivity contribution in [2.45, 2.75) is 26.9 Å². The van der Waals surface area contributed by atoms with Crippen LogP contribution < -0.4 is 9.64 Å². The number of hydrogen-bond donors (Lipinski definition) is 0. The second-order valence-electron chi connectivity index (χ2n) is 8.84. The zero-order chi connectivity index (χ0) is 25.5. The molecule has 0 saturated heterocycles. The van der Waals surface area contributed by atoms with E-state index in [1.807, 2.05) is 24.3 Å². The molecular weight excluding hydrogens is 446 g/mol. The van der Waals surface area contributed by atoms with Crippen LogP contribution in [0.25, 0.3) is 11.1 Å². The van der Waals surface area contributed by atoms with E-state index >= 15 is 0 Å². The molecule has 0 aliphatic carbocycles. The summed E-state index contributed by atoms with van der Waals surface area (Å²) in [6.45, 7) is 9.67. The summed E-state index contributed by atoms with van der Waals surface area (Å²) in [5, 5.41) is 0. The predicted octanol–water partition coefficient (Wildman–Crippen LogP) is 7.94. The van der Waals surface area contributed by atoms with Crippen LogP contribution in [-0.4, -0.2) is 18.7 Å². The van der Waals surface area contributed by atoms with E-state index in [2.05, 4.69) is 98.1 Å². The van der Waals surface area contributed by atoms with Gasteiger partial charge in [-0.05, 0) is 80.4 Å². The molecule has 0 saturated carbocycles. The molecule has 0 aliphatic heterocycles. The number of nitrogens with zero attached hydrogens (tertiary/aromatic N) is 1. The lowest BCUT2D eigenvalue weighted by molar-refractivity contribution is -0.143. The lowest BCUT2D eigenvalue weighted by Crippen LogP contribution is -2.20. The van der Waals surface area contributed by atoms with Crippen molar-refractivity contribution in [2.24, 2.45) is 0 Å². The molecule has 0 aliphatic rings. The second-order valence-corrected chi connectivity index (χ2v) is 8.84. The van der Waals surface area contributed by atoms with Crippen LogP contribution in [0.2, 0.25) is 0 Å². The number of benzene rings is 4. The van der Waals surface area contributed by atoms with Crippen LogP contribution in [0.1, 0.15) is 18.1 Å². The van der Waals surface area contributed by atoms with Crippen molar-refractivity contribution in [3.05, 3.63) is 121 Å². The maximum Gasteiger partial charge on any atom is 0.330 e. The Kier molecular flexibility index (Phi) is 7.86. The normalized spacial score (nSPS) is 11.4. The largest absolute Gasteiger partial charge is 0.490 e. The Bertz CT molecular complexity index is 1250. The molecule has 4 aromatic carbocycles. The maximum atomic E-state index is 11.3. The van der Waals surface area contributed by atoms with E-state index in [-0.39, 0.29) is 12.7 Å². The van der Waals surface area contributed by atoms with Crippen LogP contribution >= 0.6 is 0 Å². The van der Waals surface area contributed by atoms with Crippen LogP contribution in [0.4, 0.5) is 17.1 Å². The number of esters is 1. The fourth-order valence-electron chi connectivity index (χ4n) is 3.88. The number of rotatable bonds is 9. The summed E-state index contributed by atoms with van der Waals surface area (Å²) in [7, 11) is 0. The van der Waals surface area contributed by atoms with Crippen LogP contribution in [0.15, 0.2) is 110 Å². The number of hydrogen-bond acceptors (Lipinski definition) is 4. The molecule has 0 heterocycles. The second kappa shape index (κ2) is 11.4. The highest BCUT2D eigenvalue weighted by molar-refractivity contribution is 5.81. The van der Waals surface area contributed by atoms with Gasteiger partial charge < -0.3 is 14.4 Å². The fourth-order valence-corrected chi connectivity index (χ4v) is 3.88. The van der Waals surface area contributed by atoms with Gasteiger partial charge in [0.15, 0.2) is 0 Å². The standard InChI is InChI=1S/C32H31NO3/c1-5-32(34)36-25(4)22-35-31-20-12-27(13-21-31)26-10-18-30(19-11-26)33(28-14-6-23(2)7-15-28)29-16-8-24(3)9-17-29/h5-21,25H,1,22H2,2-4H3. The Morgan fingerprint density at radius 1 is 0.750 bits per heavy atom. The molecule has 0 bridgehead atoms. The van der Waals surface area contributed by atoms with Crippen LogP contribution in [0, 0.1) is 13.8 Å². The summed E-state index contributed by atoms with van der Waals surface area (Å²) in [4.78, 5) is 13.6. The smallest absolute Gasteiger partial charge is 0.330 e. The Balaban J connectivity index is 1.51. The van der Waals surface area contributed by atoms with E-state index in [4.69, 9.17) is 9.47 Å². The Labute approximate surface area is 213 Å². The van der Waals surface area contributed by atoms with Gasteiger partial charge in [0.25, 0.3) is 0 Å². The monoisotopic (exact) mass is 477 g/mol. The molecule has 36 heavy (non-hydrogen) atoms. The molecular formula is C32H31NO3. The summed E-state index contributed by atoms with van der Waals surface area (Å²) in [6, 6.07) is 33.6. The highest BCUT2D eigenvalue weighted by Gasteiger charge is 2.13. The zero-order valence-electron chi connectivity index (χ0n) is 21.0. The van der Waals surface area contributed by atoms with Crippen LogP contribution in [0.3, 0.4) is 0 Å². The summed E-state index contributed by atoms with van der Waals surface area (Å²) in [5.74, 6) is 0.273. The third-order valence-electron chi connectivity index (χ3n) is 5.87. The van der Waals surface area contributed by atoms with E-state index in [9.17, 15) is 4.79 Å². The molecule has 0 radical (unpaired) electrons. The van der Waals surface area contributed by atoms with E-state index in [0.29, 0.717) is 0 Å². The maximum absolute atomic E-state index is 11.3. The Hall–Kier alpha value is -4.31. The van der Waals surface area contributed by atoms with Crippen molar-refractivity contribution in [2.75, 3.05) is 11.5 Å². The summed E-state index contributed by atoms with van der Waals surface area (Å²) >= 11 is 0. The summed E-state index contributed by atoms with van der Waals surface area (Å²) < 4.78 is 10.9. The van der Waals surface area contributed by atoms with Gasteiger partial charge in [0.1, 0.15) is 18.5 Å². The first-order chi connectivity index (χ1) is 17.4.